The number of benzene rings is 2. The first kappa shape index (κ1) is 22.7. The third-order valence-corrected chi connectivity index (χ3v) is 5.22. The smallest absolute Gasteiger partial charge is 0.341 e. The molecule has 1 fully saturated rings. The van der Waals surface area contributed by atoms with Crippen molar-refractivity contribution in [2.45, 2.75) is 6.54 Å². The number of rotatable bonds is 9. The molecule has 2 N–H and O–H groups in total. The van der Waals surface area contributed by atoms with Crippen molar-refractivity contribution in [1.29, 1.82) is 0 Å². The predicted octanol–water partition coefficient (Wildman–Crippen LogP) is 2.07. The summed E-state index contributed by atoms with van der Waals surface area (Å²) in [5, 5.41) is 13.5. The molecule has 0 aromatic heterocycles. The first-order valence-corrected chi connectivity index (χ1v) is 10.3. The zero-order valence-corrected chi connectivity index (χ0v) is 17.8. The minimum Gasteiger partial charge on any atom is -0.481 e. The highest BCUT2D eigenvalue weighted by Crippen LogP contribution is 2.18. The number of hydrogen-bond donors (Lipinski definition) is 2. The van der Waals surface area contributed by atoms with Crippen LogP contribution in [0.5, 0.6) is 5.75 Å². The highest BCUT2D eigenvalue weighted by atomic mass is 35.5. The van der Waals surface area contributed by atoms with Gasteiger partial charge in [0.25, 0.3) is 5.91 Å². The lowest BCUT2D eigenvalue weighted by molar-refractivity contribution is -0.139. The Balaban J connectivity index is 1.42. The topological polar surface area (TPSA) is 94.5 Å². The van der Waals surface area contributed by atoms with Crippen molar-refractivity contribution in [3.8, 4) is 5.75 Å². The van der Waals surface area contributed by atoms with Crippen LogP contribution < -0.4 is 10.2 Å². The Morgan fingerprint density at radius 3 is 2.48 bits per heavy atom. The van der Waals surface area contributed by atoms with Crippen molar-refractivity contribution < 1.29 is 19.4 Å². The van der Waals surface area contributed by atoms with Crippen LogP contribution in [0.2, 0.25) is 5.02 Å². The number of amides is 1. The molecule has 2 aromatic carbocycles. The van der Waals surface area contributed by atoms with E-state index in [0.29, 0.717) is 11.3 Å². The Labute approximate surface area is 186 Å². The van der Waals surface area contributed by atoms with E-state index < -0.39 is 12.6 Å². The van der Waals surface area contributed by atoms with Gasteiger partial charge in [0.2, 0.25) is 0 Å². The highest BCUT2D eigenvalue weighted by Gasteiger charge is 2.19. The summed E-state index contributed by atoms with van der Waals surface area (Å²) in [5.74, 6) is -0.885. The van der Waals surface area contributed by atoms with E-state index in [1.807, 2.05) is 24.3 Å². The number of carboxylic acid groups (broad SMARTS) is 1. The second-order valence-electron chi connectivity index (χ2n) is 7.16. The summed E-state index contributed by atoms with van der Waals surface area (Å²) in [7, 11) is 0. The number of nitrogens with one attached hydrogen (secondary N) is 1. The molecule has 0 spiro atoms. The fourth-order valence-corrected chi connectivity index (χ4v) is 3.44. The lowest BCUT2D eigenvalue weighted by Gasteiger charge is -2.34. The van der Waals surface area contributed by atoms with Gasteiger partial charge in [-0.1, -0.05) is 41.9 Å². The number of piperazine rings is 1. The number of nitrogens with zero attached hydrogens (tertiary/aromatic N) is 3. The van der Waals surface area contributed by atoms with Crippen molar-refractivity contribution in [3.63, 3.8) is 0 Å². The summed E-state index contributed by atoms with van der Waals surface area (Å²) >= 11 is 6.24. The number of hydrogen-bond acceptors (Lipinski definition) is 6. The summed E-state index contributed by atoms with van der Waals surface area (Å²) in [6.07, 6.45) is 1.44. The Morgan fingerprint density at radius 2 is 1.74 bits per heavy atom. The molecule has 9 heteroatoms. The Bertz CT molecular complexity index is 929. The van der Waals surface area contributed by atoms with Gasteiger partial charge in [0, 0.05) is 43.3 Å². The van der Waals surface area contributed by atoms with Gasteiger partial charge in [-0.2, -0.15) is 5.10 Å². The molecule has 164 valence electrons. The van der Waals surface area contributed by atoms with Gasteiger partial charge in [0.05, 0.1) is 12.8 Å². The minimum atomic E-state index is -1.06. The summed E-state index contributed by atoms with van der Waals surface area (Å²) in [6.45, 7) is 3.90. The molecule has 0 radical (unpaired) electrons. The molecule has 1 heterocycles. The van der Waals surface area contributed by atoms with Crippen LogP contribution in [0.15, 0.2) is 53.6 Å². The molecular weight excluding hydrogens is 420 g/mol. The van der Waals surface area contributed by atoms with Crippen molar-refractivity contribution in [2.24, 2.45) is 5.10 Å². The van der Waals surface area contributed by atoms with E-state index >= 15 is 0 Å². The molecule has 0 atom stereocenters. The third kappa shape index (κ3) is 7.36. The molecule has 0 aliphatic carbocycles. The number of ether oxygens (including phenoxy) is 1. The van der Waals surface area contributed by atoms with E-state index in [-0.39, 0.29) is 12.5 Å². The number of para-hydroxylation sites is 1. The van der Waals surface area contributed by atoms with Crippen molar-refractivity contribution in [2.75, 3.05) is 39.3 Å². The average Bonchev–Trinajstić information content (AvgIpc) is 2.76. The first-order chi connectivity index (χ1) is 15.0. The maximum absolute atomic E-state index is 12.2. The maximum Gasteiger partial charge on any atom is 0.341 e. The second-order valence-corrected chi connectivity index (χ2v) is 7.56. The van der Waals surface area contributed by atoms with Crippen LogP contribution in [0.25, 0.3) is 0 Å². The van der Waals surface area contributed by atoms with Crippen molar-refractivity contribution in [3.05, 3.63) is 64.7 Å². The number of carboxylic acids is 1. The molecule has 0 unspecified atom stereocenters. The Hall–Kier alpha value is -2.94. The number of aliphatic carboxylic acids is 1. The van der Waals surface area contributed by atoms with Crippen LogP contribution in [0.3, 0.4) is 0 Å². The molecule has 2 aromatic rings. The molecule has 31 heavy (non-hydrogen) atoms. The van der Waals surface area contributed by atoms with Crippen LogP contribution in [0.4, 0.5) is 0 Å². The van der Waals surface area contributed by atoms with E-state index in [4.69, 9.17) is 21.4 Å². The second kappa shape index (κ2) is 11.5. The van der Waals surface area contributed by atoms with E-state index in [2.05, 4.69) is 20.3 Å². The molecule has 1 saturated heterocycles. The Kier molecular flexibility index (Phi) is 8.40. The zero-order valence-electron chi connectivity index (χ0n) is 17.0. The summed E-state index contributed by atoms with van der Waals surface area (Å²) in [6, 6.07) is 14.7. The molecule has 0 bridgehead atoms. The number of carbonyl (C=O) groups is 2. The average molecular weight is 445 g/mol. The van der Waals surface area contributed by atoms with Crippen LogP contribution in [0.1, 0.15) is 11.1 Å². The predicted molar refractivity (Wildman–Crippen MR) is 118 cm³/mol. The molecular formula is C22H25ClN4O4. The fourth-order valence-electron chi connectivity index (χ4n) is 3.24. The zero-order chi connectivity index (χ0) is 22.1. The van der Waals surface area contributed by atoms with E-state index in [9.17, 15) is 9.59 Å². The van der Waals surface area contributed by atoms with Crippen molar-refractivity contribution in [1.82, 2.24) is 15.2 Å². The van der Waals surface area contributed by atoms with Gasteiger partial charge in [-0.25, -0.2) is 10.2 Å². The van der Waals surface area contributed by atoms with Gasteiger partial charge in [0.1, 0.15) is 5.75 Å². The van der Waals surface area contributed by atoms with Crippen LogP contribution in [-0.2, 0) is 16.1 Å². The normalized spacial score (nSPS) is 15.1. The molecule has 0 saturated carbocycles. The van der Waals surface area contributed by atoms with E-state index in [1.165, 1.54) is 6.21 Å². The largest absolute Gasteiger partial charge is 0.481 e. The number of carbonyl (C=O) groups excluding carboxylic acids is 1. The first-order valence-electron chi connectivity index (χ1n) is 9.95. The highest BCUT2D eigenvalue weighted by molar-refractivity contribution is 6.31. The van der Waals surface area contributed by atoms with Crippen LogP contribution >= 0.6 is 11.6 Å². The molecule has 3 rings (SSSR count). The lowest BCUT2D eigenvalue weighted by atomic mass is 10.2. The quantitative estimate of drug-likeness (QED) is 0.454. The SMILES string of the molecule is O=C(O)COc1ccccc1C=NNC(=O)CN1CCN(Cc2ccccc2Cl)CC1. The van der Waals surface area contributed by atoms with Crippen LogP contribution in [-0.4, -0.2) is 72.3 Å². The van der Waals surface area contributed by atoms with Crippen molar-refractivity contribution >= 4 is 29.7 Å². The maximum atomic E-state index is 12.2. The molecule has 1 aliphatic rings. The monoisotopic (exact) mass is 444 g/mol. The minimum absolute atomic E-state index is 0.209. The van der Waals surface area contributed by atoms with Gasteiger partial charge in [-0.3, -0.25) is 14.6 Å². The van der Waals surface area contributed by atoms with Crippen LogP contribution in [0, 0.1) is 0 Å². The molecule has 1 amide bonds. The summed E-state index contributed by atoms with van der Waals surface area (Å²) < 4.78 is 5.21. The Morgan fingerprint density at radius 1 is 1.06 bits per heavy atom. The van der Waals surface area contributed by atoms with Gasteiger partial charge in [0.15, 0.2) is 6.61 Å². The summed E-state index contributed by atoms with van der Waals surface area (Å²) in [4.78, 5) is 27.3. The fraction of sp³-hybridized carbons (Fsp3) is 0.318. The molecule has 1 aliphatic heterocycles. The van der Waals surface area contributed by atoms with Gasteiger partial charge < -0.3 is 9.84 Å². The van der Waals surface area contributed by atoms with Gasteiger partial charge >= 0.3 is 5.97 Å². The van der Waals surface area contributed by atoms with Gasteiger partial charge in [-0.15, -0.1) is 0 Å². The van der Waals surface area contributed by atoms with E-state index in [1.54, 1.807) is 24.3 Å². The third-order valence-electron chi connectivity index (χ3n) is 4.85. The lowest BCUT2D eigenvalue weighted by Crippen LogP contribution is -2.48. The number of hydrazone groups is 1. The van der Waals surface area contributed by atoms with E-state index in [0.717, 1.165) is 43.3 Å². The molecule has 8 nitrogen and oxygen atoms in total. The summed E-state index contributed by atoms with van der Waals surface area (Å²) in [5.41, 5.74) is 4.20. The number of halogens is 1. The standard InChI is InChI=1S/C22H25ClN4O4/c23-19-7-3-1-6-18(19)14-26-9-11-27(12-10-26)15-21(28)25-24-13-17-5-2-4-8-20(17)31-16-22(29)30/h1-8,13H,9-12,14-16H2,(H,25,28)(H,29,30). The van der Waals surface area contributed by atoms with Gasteiger partial charge in [-0.05, 0) is 23.8 Å².